The fraction of sp³-hybridized carbons (Fsp3) is 0.842. The molecule has 1 fully saturated rings. The first-order valence-electron chi connectivity index (χ1n) is 8.68. The number of allylic oxidation sites excluding steroid dienone is 2. The number of nitrogens with zero attached hydrogens (tertiary/aromatic N) is 1. The Bertz CT molecular complexity index is 334. The summed E-state index contributed by atoms with van der Waals surface area (Å²) in [5, 5.41) is 9.38. The molecule has 1 aliphatic carbocycles. The molecule has 0 bridgehead atoms. The molecule has 1 rings (SSSR count). The van der Waals surface area contributed by atoms with Gasteiger partial charge in [0.25, 0.3) is 0 Å². The van der Waals surface area contributed by atoms with Crippen LogP contribution in [0.5, 0.6) is 0 Å². The molecule has 3 atom stereocenters. The molecule has 1 saturated carbocycles. The molecular weight excluding hydrogens is 242 g/mol. The lowest BCUT2D eigenvalue weighted by molar-refractivity contribution is 0.286. The van der Waals surface area contributed by atoms with Crippen molar-refractivity contribution in [2.75, 3.05) is 0 Å². The molecule has 0 saturated heterocycles. The van der Waals surface area contributed by atoms with Crippen LogP contribution >= 0.6 is 0 Å². The van der Waals surface area contributed by atoms with Gasteiger partial charge in [0.15, 0.2) is 0 Å². The molecule has 0 spiro atoms. The summed E-state index contributed by atoms with van der Waals surface area (Å²) in [6.07, 6.45) is 12.3. The summed E-state index contributed by atoms with van der Waals surface area (Å²) < 4.78 is 0. The molecule has 0 aromatic carbocycles. The maximum atomic E-state index is 9.38. The van der Waals surface area contributed by atoms with E-state index in [1.54, 1.807) is 5.57 Å². The minimum Gasteiger partial charge on any atom is -0.198 e. The van der Waals surface area contributed by atoms with E-state index in [4.69, 9.17) is 0 Å². The van der Waals surface area contributed by atoms with Crippen molar-refractivity contribution in [1.82, 2.24) is 0 Å². The zero-order valence-corrected chi connectivity index (χ0v) is 14.0. The summed E-state index contributed by atoms with van der Waals surface area (Å²) in [6, 6.07) is 2.51. The van der Waals surface area contributed by atoms with Gasteiger partial charge in [0, 0.05) is 0 Å². The van der Waals surface area contributed by atoms with E-state index in [2.05, 4.69) is 39.8 Å². The van der Waals surface area contributed by atoms with Crippen LogP contribution in [0.15, 0.2) is 11.6 Å². The first-order valence-corrected chi connectivity index (χ1v) is 8.68. The van der Waals surface area contributed by atoms with Gasteiger partial charge < -0.3 is 0 Å². The second-order valence-electron chi connectivity index (χ2n) is 7.01. The topological polar surface area (TPSA) is 23.8 Å². The van der Waals surface area contributed by atoms with Gasteiger partial charge in [0.1, 0.15) is 0 Å². The Morgan fingerprint density at radius 1 is 1.25 bits per heavy atom. The minimum atomic E-state index is 0.148. The molecule has 1 nitrogen and oxygen atoms in total. The molecule has 3 unspecified atom stereocenters. The van der Waals surface area contributed by atoms with E-state index in [9.17, 15) is 5.26 Å². The highest BCUT2D eigenvalue weighted by atomic mass is 14.3. The predicted molar refractivity (Wildman–Crippen MR) is 87.3 cm³/mol. The van der Waals surface area contributed by atoms with Crippen LogP contribution < -0.4 is 0 Å². The molecule has 0 aliphatic heterocycles. The number of hydrogen-bond acceptors (Lipinski definition) is 1. The first-order chi connectivity index (χ1) is 9.58. The van der Waals surface area contributed by atoms with Crippen molar-refractivity contribution in [3.05, 3.63) is 11.6 Å². The van der Waals surface area contributed by atoms with Crippen molar-refractivity contribution in [2.24, 2.45) is 23.7 Å². The third kappa shape index (κ3) is 5.70. The summed E-state index contributed by atoms with van der Waals surface area (Å²) in [5.41, 5.74) is 1.57. The van der Waals surface area contributed by atoms with Crippen LogP contribution in [0.25, 0.3) is 0 Å². The van der Waals surface area contributed by atoms with Gasteiger partial charge in [-0.3, -0.25) is 0 Å². The third-order valence-electron chi connectivity index (χ3n) is 4.99. The van der Waals surface area contributed by atoms with E-state index >= 15 is 0 Å². The van der Waals surface area contributed by atoms with E-state index in [-0.39, 0.29) is 5.92 Å². The van der Waals surface area contributed by atoms with Gasteiger partial charge in [-0.25, -0.2) is 0 Å². The Labute approximate surface area is 126 Å². The SMILES string of the molecule is CCCCCCC(C#N)C=C1CC(C(C)C)CCC1C. The monoisotopic (exact) mass is 275 g/mol. The van der Waals surface area contributed by atoms with Crippen molar-refractivity contribution < 1.29 is 0 Å². The Hall–Kier alpha value is -0.770. The minimum absolute atomic E-state index is 0.148. The molecule has 0 heterocycles. The fourth-order valence-corrected chi connectivity index (χ4v) is 3.29. The third-order valence-corrected chi connectivity index (χ3v) is 4.99. The Morgan fingerprint density at radius 2 is 2.00 bits per heavy atom. The maximum Gasteiger partial charge on any atom is 0.0697 e. The van der Waals surface area contributed by atoms with Crippen LogP contribution in [0.4, 0.5) is 0 Å². The van der Waals surface area contributed by atoms with Crippen LogP contribution in [0, 0.1) is 35.0 Å². The van der Waals surface area contributed by atoms with Gasteiger partial charge in [0.2, 0.25) is 0 Å². The zero-order chi connectivity index (χ0) is 15.0. The maximum absolute atomic E-state index is 9.38. The van der Waals surface area contributed by atoms with Gasteiger partial charge >= 0.3 is 0 Å². The van der Waals surface area contributed by atoms with Crippen LogP contribution in [-0.4, -0.2) is 0 Å². The van der Waals surface area contributed by atoms with E-state index in [1.807, 2.05) is 0 Å². The van der Waals surface area contributed by atoms with E-state index in [0.29, 0.717) is 5.92 Å². The Balaban J connectivity index is 2.56. The van der Waals surface area contributed by atoms with Crippen LogP contribution in [0.1, 0.15) is 79.1 Å². The molecular formula is C19H33N. The average molecular weight is 275 g/mol. The van der Waals surface area contributed by atoms with Crippen LogP contribution in [0.2, 0.25) is 0 Å². The quantitative estimate of drug-likeness (QED) is 0.406. The summed E-state index contributed by atoms with van der Waals surface area (Å²) in [6.45, 7) is 9.25. The molecule has 114 valence electrons. The molecule has 0 amide bonds. The zero-order valence-electron chi connectivity index (χ0n) is 14.0. The fourth-order valence-electron chi connectivity index (χ4n) is 3.29. The van der Waals surface area contributed by atoms with Gasteiger partial charge in [-0.15, -0.1) is 0 Å². The second kappa shape index (κ2) is 9.22. The lowest BCUT2D eigenvalue weighted by Crippen LogP contribution is -2.20. The molecule has 20 heavy (non-hydrogen) atoms. The highest BCUT2D eigenvalue weighted by Crippen LogP contribution is 2.37. The van der Waals surface area contributed by atoms with E-state index in [1.165, 1.54) is 44.9 Å². The number of hydrogen-bond donors (Lipinski definition) is 0. The highest BCUT2D eigenvalue weighted by Gasteiger charge is 2.25. The summed E-state index contributed by atoms with van der Waals surface area (Å²) in [5.74, 6) is 2.44. The average Bonchev–Trinajstić information content (AvgIpc) is 2.43. The molecule has 0 aromatic rings. The molecule has 1 heteroatoms. The van der Waals surface area contributed by atoms with Crippen molar-refractivity contribution in [3.8, 4) is 6.07 Å². The number of rotatable bonds is 7. The molecule has 0 aromatic heterocycles. The first kappa shape index (κ1) is 17.3. The van der Waals surface area contributed by atoms with Crippen LogP contribution in [-0.2, 0) is 0 Å². The van der Waals surface area contributed by atoms with Gasteiger partial charge in [0.05, 0.1) is 12.0 Å². The predicted octanol–water partition coefficient (Wildman–Crippen LogP) is 6.12. The summed E-state index contributed by atoms with van der Waals surface area (Å²) in [7, 11) is 0. The lowest BCUT2D eigenvalue weighted by Gasteiger charge is -2.32. The highest BCUT2D eigenvalue weighted by molar-refractivity contribution is 5.15. The summed E-state index contributed by atoms with van der Waals surface area (Å²) in [4.78, 5) is 0. The van der Waals surface area contributed by atoms with Gasteiger partial charge in [-0.2, -0.15) is 5.26 Å². The van der Waals surface area contributed by atoms with Crippen LogP contribution in [0.3, 0.4) is 0 Å². The standard InChI is InChI=1S/C19H33N/c1-5-6-7-8-9-17(14-20)12-19-13-18(15(2)3)11-10-16(19)4/h12,15-18H,5-11,13H2,1-4H3. The Kier molecular flexibility index (Phi) is 7.97. The number of nitriles is 1. The van der Waals surface area contributed by atoms with Crippen molar-refractivity contribution in [2.45, 2.75) is 79.1 Å². The van der Waals surface area contributed by atoms with Crippen molar-refractivity contribution >= 4 is 0 Å². The Morgan fingerprint density at radius 3 is 2.60 bits per heavy atom. The summed E-state index contributed by atoms with van der Waals surface area (Å²) >= 11 is 0. The van der Waals surface area contributed by atoms with Gasteiger partial charge in [-0.1, -0.05) is 65.0 Å². The van der Waals surface area contributed by atoms with Gasteiger partial charge in [-0.05, 0) is 43.4 Å². The molecule has 1 aliphatic rings. The smallest absolute Gasteiger partial charge is 0.0697 e. The van der Waals surface area contributed by atoms with Crippen molar-refractivity contribution in [3.63, 3.8) is 0 Å². The van der Waals surface area contributed by atoms with Crippen molar-refractivity contribution in [1.29, 1.82) is 5.26 Å². The normalized spacial score (nSPS) is 26.7. The van der Waals surface area contributed by atoms with E-state index < -0.39 is 0 Å². The molecule has 0 N–H and O–H groups in total. The molecule has 0 radical (unpaired) electrons. The largest absolute Gasteiger partial charge is 0.198 e. The lowest BCUT2D eigenvalue weighted by atomic mass is 9.73. The van der Waals surface area contributed by atoms with E-state index in [0.717, 1.165) is 18.3 Å². The number of unbranched alkanes of at least 4 members (excludes halogenated alkanes) is 3. The second-order valence-corrected chi connectivity index (χ2v) is 7.01.